The molecule has 2 heterocycles. The highest BCUT2D eigenvalue weighted by molar-refractivity contribution is 6.35. The van der Waals surface area contributed by atoms with E-state index in [0.29, 0.717) is 44.8 Å². The maximum atomic E-state index is 15.2. The number of carbonyl (C=O) groups excluding carboxylic acids is 1. The van der Waals surface area contributed by atoms with Gasteiger partial charge in [0.25, 0.3) is 5.91 Å². The molecule has 1 aliphatic rings. The second-order valence-corrected chi connectivity index (χ2v) is 9.61. The predicted molar refractivity (Wildman–Crippen MR) is 155 cm³/mol. The molecule has 0 bridgehead atoms. The number of carboxylic acids is 1. The van der Waals surface area contributed by atoms with Gasteiger partial charge in [-0.05, 0) is 70.8 Å². The number of hydrogen-bond acceptors (Lipinski definition) is 4. The lowest BCUT2D eigenvalue weighted by molar-refractivity contribution is -0.136. The van der Waals surface area contributed by atoms with E-state index in [1.165, 1.54) is 13.2 Å². The van der Waals surface area contributed by atoms with Crippen molar-refractivity contribution >= 4 is 29.2 Å². The number of aliphatic carboxylic acids is 1. The molecule has 0 fully saturated rings. The first-order chi connectivity index (χ1) is 19.9. The van der Waals surface area contributed by atoms with Crippen molar-refractivity contribution in [3.63, 3.8) is 0 Å². The minimum Gasteiger partial charge on any atom is -0.496 e. The Balaban J connectivity index is 1.31. The summed E-state index contributed by atoms with van der Waals surface area (Å²) in [5.74, 6) is -1.35. The smallest absolute Gasteiger partial charge is 0.307 e. The van der Waals surface area contributed by atoms with Crippen molar-refractivity contribution in [3.05, 3.63) is 120 Å². The Morgan fingerprint density at radius 3 is 2.34 bits per heavy atom. The summed E-state index contributed by atoms with van der Waals surface area (Å²) in [5.41, 5.74) is 6.44. The van der Waals surface area contributed by atoms with E-state index in [4.69, 9.17) is 4.74 Å². The third-order valence-corrected chi connectivity index (χ3v) is 7.01. The molecule has 0 saturated carbocycles. The Kier molecular flexibility index (Phi) is 6.65. The average molecular weight is 546 g/mol. The number of amides is 1. The standard InChI is InChI=1S/C33H24FN3O4/c1-41-31-12-3-20(15-24(31)17-32(38)39)16-28-27-18-26(29(34)19-30(27)36-33(28)40)23-6-4-21(5-7-23)22-8-10-25(11-9-22)37-14-2-13-35-37/h2-16,18-19H,17H2,1H3,(H,36,40)(H,38,39)/b28-16-. The van der Waals surface area contributed by atoms with Gasteiger partial charge < -0.3 is 15.2 Å². The van der Waals surface area contributed by atoms with Crippen LogP contribution < -0.4 is 10.1 Å². The van der Waals surface area contributed by atoms with Gasteiger partial charge >= 0.3 is 5.97 Å². The van der Waals surface area contributed by atoms with Gasteiger partial charge in [0, 0.05) is 34.7 Å². The van der Waals surface area contributed by atoms with Crippen LogP contribution in [0.5, 0.6) is 5.75 Å². The first kappa shape index (κ1) is 25.8. The molecule has 0 unspecified atom stereocenters. The minimum atomic E-state index is -0.991. The minimum absolute atomic E-state index is 0.219. The quantitative estimate of drug-likeness (QED) is 0.229. The van der Waals surface area contributed by atoms with Gasteiger partial charge in [0.15, 0.2) is 0 Å². The van der Waals surface area contributed by atoms with E-state index < -0.39 is 11.8 Å². The third-order valence-electron chi connectivity index (χ3n) is 7.01. The van der Waals surface area contributed by atoms with Crippen molar-refractivity contribution in [2.45, 2.75) is 6.42 Å². The fraction of sp³-hybridized carbons (Fsp3) is 0.0606. The summed E-state index contributed by atoms with van der Waals surface area (Å²) in [6.07, 6.45) is 5.06. The van der Waals surface area contributed by atoms with Gasteiger partial charge in [-0.2, -0.15) is 5.10 Å². The molecule has 5 aromatic rings. The summed E-state index contributed by atoms with van der Waals surface area (Å²) in [4.78, 5) is 24.2. The Bertz CT molecular complexity index is 1810. The maximum Gasteiger partial charge on any atom is 0.307 e. The van der Waals surface area contributed by atoms with Crippen LogP contribution >= 0.6 is 0 Å². The number of hydrogen-bond donors (Lipinski definition) is 2. The predicted octanol–water partition coefficient (Wildman–Crippen LogP) is 6.47. The Labute approximate surface area is 235 Å². The van der Waals surface area contributed by atoms with Crippen LogP contribution in [0.15, 0.2) is 97.3 Å². The molecule has 0 aliphatic carbocycles. The zero-order valence-electron chi connectivity index (χ0n) is 22.0. The second kappa shape index (κ2) is 10.6. The van der Waals surface area contributed by atoms with E-state index in [1.807, 2.05) is 60.8 Å². The first-order valence-electron chi connectivity index (χ1n) is 12.9. The van der Waals surface area contributed by atoms with Crippen molar-refractivity contribution in [1.82, 2.24) is 9.78 Å². The summed E-state index contributed by atoms with van der Waals surface area (Å²) < 4.78 is 22.3. The van der Waals surface area contributed by atoms with Crippen LogP contribution in [0.2, 0.25) is 0 Å². The molecular weight excluding hydrogens is 521 g/mol. The molecule has 1 amide bonds. The fourth-order valence-corrected chi connectivity index (χ4v) is 5.00. The number of ether oxygens (including phenoxy) is 1. The number of rotatable bonds is 7. The van der Waals surface area contributed by atoms with Crippen LogP contribution in [-0.2, 0) is 16.0 Å². The first-order valence-corrected chi connectivity index (χ1v) is 12.9. The number of aromatic nitrogens is 2. The maximum absolute atomic E-state index is 15.2. The van der Waals surface area contributed by atoms with Gasteiger partial charge in [0.1, 0.15) is 11.6 Å². The van der Waals surface area contributed by atoms with Crippen LogP contribution in [-0.4, -0.2) is 33.9 Å². The molecule has 0 saturated heterocycles. The van der Waals surface area contributed by atoms with E-state index in [0.717, 1.165) is 16.8 Å². The molecule has 2 N–H and O–H groups in total. The van der Waals surface area contributed by atoms with Crippen LogP contribution in [0.4, 0.5) is 10.1 Å². The van der Waals surface area contributed by atoms with E-state index in [1.54, 1.807) is 41.2 Å². The molecule has 0 spiro atoms. The number of halogens is 1. The van der Waals surface area contributed by atoms with Crippen molar-refractivity contribution in [1.29, 1.82) is 0 Å². The zero-order chi connectivity index (χ0) is 28.5. The summed E-state index contributed by atoms with van der Waals surface area (Å²) in [7, 11) is 1.47. The highest BCUT2D eigenvalue weighted by Crippen LogP contribution is 2.39. The van der Waals surface area contributed by atoms with Crippen LogP contribution in [0.1, 0.15) is 16.7 Å². The SMILES string of the molecule is COc1ccc(/C=C2\C(=O)Nc3cc(F)c(-c4ccc(-c5ccc(-n6cccn6)cc5)cc4)cc32)cc1CC(=O)O. The number of fused-ring (bicyclic) bond motifs is 1. The molecular formula is C33H24FN3O4. The molecule has 8 heteroatoms. The van der Waals surface area contributed by atoms with Crippen molar-refractivity contribution in [3.8, 4) is 33.7 Å². The zero-order valence-corrected chi connectivity index (χ0v) is 22.0. The number of carboxylic acid groups (broad SMARTS) is 1. The Morgan fingerprint density at radius 1 is 0.976 bits per heavy atom. The summed E-state index contributed by atoms with van der Waals surface area (Å²) in [6.45, 7) is 0. The highest BCUT2D eigenvalue weighted by atomic mass is 19.1. The van der Waals surface area contributed by atoms with Crippen LogP contribution in [0, 0.1) is 5.82 Å². The Hall–Kier alpha value is -5.50. The van der Waals surface area contributed by atoms with E-state index in [9.17, 15) is 14.7 Å². The van der Waals surface area contributed by atoms with E-state index in [2.05, 4.69) is 10.4 Å². The molecule has 202 valence electrons. The van der Waals surface area contributed by atoms with Gasteiger partial charge in [-0.1, -0.05) is 42.5 Å². The number of methoxy groups -OCH3 is 1. The van der Waals surface area contributed by atoms with Crippen molar-refractivity contribution in [2.24, 2.45) is 0 Å². The van der Waals surface area contributed by atoms with Crippen LogP contribution in [0.3, 0.4) is 0 Å². The number of benzene rings is 4. The van der Waals surface area contributed by atoms with Gasteiger partial charge in [0.2, 0.25) is 0 Å². The number of anilines is 1. The molecule has 7 nitrogen and oxygen atoms in total. The van der Waals surface area contributed by atoms with Gasteiger partial charge in [-0.15, -0.1) is 0 Å². The van der Waals surface area contributed by atoms with Gasteiger partial charge in [0.05, 0.1) is 24.9 Å². The molecule has 1 aromatic heterocycles. The summed E-state index contributed by atoms with van der Waals surface area (Å²) >= 11 is 0. The van der Waals surface area contributed by atoms with E-state index in [-0.39, 0.29) is 12.3 Å². The monoisotopic (exact) mass is 545 g/mol. The lowest BCUT2D eigenvalue weighted by Gasteiger charge is -2.10. The topological polar surface area (TPSA) is 93.5 Å². The molecule has 41 heavy (non-hydrogen) atoms. The third kappa shape index (κ3) is 5.10. The lowest BCUT2D eigenvalue weighted by atomic mass is 9.95. The van der Waals surface area contributed by atoms with E-state index >= 15 is 4.39 Å². The average Bonchev–Trinajstić information content (AvgIpc) is 3.61. The molecule has 4 aromatic carbocycles. The summed E-state index contributed by atoms with van der Waals surface area (Å²) in [6, 6.07) is 25.5. The normalized spacial score (nSPS) is 13.2. The summed E-state index contributed by atoms with van der Waals surface area (Å²) in [5, 5.41) is 16.2. The van der Waals surface area contributed by atoms with Crippen molar-refractivity contribution < 1.29 is 23.8 Å². The number of carbonyl (C=O) groups is 2. The molecule has 1 aliphatic heterocycles. The Morgan fingerprint density at radius 2 is 1.68 bits per heavy atom. The number of nitrogens with zero attached hydrogens (tertiary/aromatic N) is 2. The molecule has 6 rings (SSSR count). The van der Waals surface area contributed by atoms with Gasteiger partial charge in [-0.25, -0.2) is 9.07 Å². The number of nitrogens with one attached hydrogen (secondary N) is 1. The van der Waals surface area contributed by atoms with Crippen LogP contribution in [0.25, 0.3) is 39.6 Å². The lowest BCUT2D eigenvalue weighted by Crippen LogP contribution is -2.04. The second-order valence-electron chi connectivity index (χ2n) is 9.61. The molecule has 0 atom stereocenters. The van der Waals surface area contributed by atoms with Crippen molar-refractivity contribution in [2.75, 3.05) is 12.4 Å². The largest absolute Gasteiger partial charge is 0.496 e. The highest BCUT2D eigenvalue weighted by Gasteiger charge is 2.26. The molecule has 0 radical (unpaired) electrons. The fourth-order valence-electron chi connectivity index (χ4n) is 5.00. The van der Waals surface area contributed by atoms with Gasteiger partial charge in [-0.3, -0.25) is 9.59 Å².